The lowest BCUT2D eigenvalue weighted by atomic mass is 10.1. The van der Waals surface area contributed by atoms with E-state index in [1.54, 1.807) is 47.3 Å². The van der Waals surface area contributed by atoms with Gasteiger partial charge in [0.25, 0.3) is 5.91 Å². The Morgan fingerprint density at radius 2 is 1.57 bits per heavy atom. The first-order chi connectivity index (χ1) is 17.0. The molecule has 1 heterocycles. The van der Waals surface area contributed by atoms with Crippen LogP contribution in [-0.2, 0) is 0 Å². The zero-order valence-electron chi connectivity index (χ0n) is 19.0. The predicted molar refractivity (Wildman–Crippen MR) is 135 cm³/mol. The number of carbonyl (C=O) groups is 1. The number of nitrogens with zero attached hydrogens (tertiary/aromatic N) is 2. The van der Waals surface area contributed by atoms with Crippen molar-refractivity contribution in [3.63, 3.8) is 0 Å². The maximum Gasteiger partial charge on any atom is 0.259 e. The van der Waals surface area contributed by atoms with Crippen LogP contribution in [0.15, 0.2) is 109 Å². The van der Waals surface area contributed by atoms with Crippen LogP contribution in [0.5, 0.6) is 11.5 Å². The smallest absolute Gasteiger partial charge is 0.259 e. The SMILES string of the molecule is Cc1cccc(-c2nn(-c3ccc(F)cc3)cc2C(=O)Nc2ccc(Oc3ccccc3)cc2)c1. The molecular formula is C29H22FN3O2. The molecule has 0 aliphatic heterocycles. The Balaban J connectivity index is 1.42. The molecule has 5 nitrogen and oxygen atoms in total. The third kappa shape index (κ3) is 5.12. The van der Waals surface area contributed by atoms with E-state index >= 15 is 0 Å². The van der Waals surface area contributed by atoms with E-state index in [0.29, 0.717) is 28.4 Å². The van der Waals surface area contributed by atoms with Gasteiger partial charge in [0.2, 0.25) is 0 Å². The lowest BCUT2D eigenvalue weighted by Crippen LogP contribution is -2.12. The van der Waals surface area contributed by atoms with E-state index in [-0.39, 0.29) is 11.7 Å². The second-order valence-corrected chi connectivity index (χ2v) is 8.08. The van der Waals surface area contributed by atoms with Crippen molar-refractivity contribution in [3.05, 3.63) is 126 Å². The molecule has 1 N–H and O–H groups in total. The fourth-order valence-corrected chi connectivity index (χ4v) is 3.70. The first-order valence-corrected chi connectivity index (χ1v) is 11.1. The lowest BCUT2D eigenvalue weighted by Gasteiger charge is -2.08. The average molecular weight is 464 g/mol. The van der Waals surface area contributed by atoms with Gasteiger partial charge in [-0.05, 0) is 73.7 Å². The summed E-state index contributed by atoms with van der Waals surface area (Å²) in [7, 11) is 0. The zero-order valence-corrected chi connectivity index (χ0v) is 19.0. The molecule has 35 heavy (non-hydrogen) atoms. The van der Waals surface area contributed by atoms with E-state index in [2.05, 4.69) is 10.4 Å². The van der Waals surface area contributed by atoms with Crippen molar-refractivity contribution in [1.29, 1.82) is 0 Å². The molecule has 5 rings (SSSR count). The zero-order chi connectivity index (χ0) is 24.2. The number of aryl methyl sites for hydroxylation is 1. The summed E-state index contributed by atoms with van der Waals surface area (Å²) in [6.07, 6.45) is 1.66. The fourth-order valence-electron chi connectivity index (χ4n) is 3.70. The van der Waals surface area contributed by atoms with E-state index in [9.17, 15) is 9.18 Å². The summed E-state index contributed by atoms with van der Waals surface area (Å²) in [6.45, 7) is 1.99. The molecule has 0 spiro atoms. The van der Waals surface area contributed by atoms with Crippen LogP contribution in [0, 0.1) is 12.7 Å². The quantitative estimate of drug-likeness (QED) is 0.294. The van der Waals surface area contributed by atoms with Crippen molar-refractivity contribution in [2.45, 2.75) is 6.92 Å². The summed E-state index contributed by atoms with van der Waals surface area (Å²) in [5.41, 5.74) is 4.10. The van der Waals surface area contributed by atoms with E-state index in [1.807, 2.05) is 61.5 Å². The predicted octanol–water partition coefficient (Wildman–Crippen LogP) is 7.03. The third-order valence-corrected chi connectivity index (χ3v) is 5.43. The summed E-state index contributed by atoms with van der Waals surface area (Å²) in [6, 6.07) is 30.4. The third-order valence-electron chi connectivity index (χ3n) is 5.43. The second kappa shape index (κ2) is 9.65. The molecule has 0 atom stereocenters. The number of rotatable bonds is 6. The molecular weight excluding hydrogens is 441 g/mol. The fraction of sp³-hybridized carbons (Fsp3) is 0.0345. The minimum Gasteiger partial charge on any atom is -0.457 e. The number of aromatic nitrogens is 2. The van der Waals surface area contributed by atoms with Crippen LogP contribution >= 0.6 is 0 Å². The maximum absolute atomic E-state index is 13.4. The number of nitrogens with one attached hydrogen (secondary N) is 1. The van der Waals surface area contributed by atoms with Crippen molar-refractivity contribution in [2.75, 3.05) is 5.32 Å². The summed E-state index contributed by atoms with van der Waals surface area (Å²) < 4.78 is 20.8. The van der Waals surface area contributed by atoms with E-state index in [4.69, 9.17) is 4.74 Å². The number of anilines is 1. The summed E-state index contributed by atoms with van der Waals surface area (Å²) in [5, 5.41) is 7.60. The molecule has 0 saturated heterocycles. The van der Waals surface area contributed by atoms with Gasteiger partial charge < -0.3 is 10.1 Å². The first kappa shape index (κ1) is 22.1. The summed E-state index contributed by atoms with van der Waals surface area (Å²) in [5.74, 6) is 0.767. The number of carbonyl (C=O) groups excluding carboxylic acids is 1. The molecule has 0 saturated carbocycles. The van der Waals surface area contributed by atoms with Crippen molar-refractivity contribution < 1.29 is 13.9 Å². The Morgan fingerprint density at radius 1 is 0.857 bits per heavy atom. The number of halogens is 1. The standard InChI is InChI=1S/C29H22FN3O2/c1-20-6-5-7-21(18-20)28-27(19-33(32-28)24-14-10-22(30)11-15-24)29(34)31-23-12-16-26(17-13-23)35-25-8-3-2-4-9-25/h2-19H,1H3,(H,31,34). The highest BCUT2D eigenvalue weighted by Crippen LogP contribution is 2.27. The van der Waals surface area contributed by atoms with Gasteiger partial charge >= 0.3 is 0 Å². The number of amides is 1. The van der Waals surface area contributed by atoms with Gasteiger partial charge in [-0.2, -0.15) is 5.10 Å². The molecule has 0 fully saturated rings. The van der Waals surface area contributed by atoms with Crippen LogP contribution in [0.25, 0.3) is 16.9 Å². The Morgan fingerprint density at radius 3 is 2.29 bits per heavy atom. The van der Waals surface area contributed by atoms with E-state index < -0.39 is 0 Å². The molecule has 0 bridgehead atoms. The number of hydrogen-bond donors (Lipinski definition) is 1. The van der Waals surface area contributed by atoms with Crippen LogP contribution in [-0.4, -0.2) is 15.7 Å². The highest BCUT2D eigenvalue weighted by Gasteiger charge is 2.19. The monoisotopic (exact) mass is 463 g/mol. The topological polar surface area (TPSA) is 56.2 Å². The average Bonchev–Trinajstić information content (AvgIpc) is 3.32. The minimum atomic E-state index is -0.336. The van der Waals surface area contributed by atoms with Gasteiger partial charge in [0, 0.05) is 17.4 Å². The molecule has 0 aliphatic rings. The van der Waals surface area contributed by atoms with Gasteiger partial charge in [0.1, 0.15) is 23.0 Å². The maximum atomic E-state index is 13.4. The number of benzene rings is 4. The molecule has 6 heteroatoms. The van der Waals surface area contributed by atoms with E-state index in [0.717, 1.165) is 16.9 Å². The van der Waals surface area contributed by atoms with Gasteiger partial charge in [-0.15, -0.1) is 0 Å². The number of para-hydroxylation sites is 1. The summed E-state index contributed by atoms with van der Waals surface area (Å²) >= 11 is 0. The van der Waals surface area contributed by atoms with Gasteiger partial charge in [-0.1, -0.05) is 42.0 Å². The highest BCUT2D eigenvalue weighted by molar-refractivity contribution is 6.08. The van der Waals surface area contributed by atoms with Crippen LogP contribution in [0.2, 0.25) is 0 Å². The minimum absolute atomic E-state index is 0.299. The Bertz CT molecular complexity index is 1460. The highest BCUT2D eigenvalue weighted by atomic mass is 19.1. The molecule has 4 aromatic carbocycles. The lowest BCUT2D eigenvalue weighted by molar-refractivity contribution is 0.102. The Kier molecular flexibility index (Phi) is 6.09. The molecule has 0 aliphatic carbocycles. The van der Waals surface area contributed by atoms with Crippen LogP contribution in [0.4, 0.5) is 10.1 Å². The van der Waals surface area contributed by atoms with E-state index in [1.165, 1.54) is 12.1 Å². The molecule has 172 valence electrons. The van der Waals surface area contributed by atoms with Crippen LogP contribution in [0.3, 0.4) is 0 Å². The molecule has 5 aromatic rings. The van der Waals surface area contributed by atoms with Crippen LogP contribution < -0.4 is 10.1 Å². The second-order valence-electron chi connectivity index (χ2n) is 8.08. The van der Waals surface area contributed by atoms with Gasteiger partial charge in [0.15, 0.2) is 0 Å². The Labute approximate surface area is 202 Å². The normalized spacial score (nSPS) is 10.7. The van der Waals surface area contributed by atoms with Crippen molar-refractivity contribution in [3.8, 4) is 28.4 Å². The molecule has 1 aromatic heterocycles. The largest absolute Gasteiger partial charge is 0.457 e. The first-order valence-electron chi connectivity index (χ1n) is 11.1. The summed E-state index contributed by atoms with van der Waals surface area (Å²) in [4.78, 5) is 13.3. The van der Waals surface area contributed by atoms with Crippen molar-refractivity contribution in [1.82, 2.24) is 9.78 Å². The number of hydrogen-bond acceptors (Lipinski definition) is 3. The van der Waals surface area contributed by atoms with Gasteiger partial charge in [0.05, 0.1) is 11.3 Å². The molecule has 1 amide bonds. The van der Waals surface area contributed by atoms with Crippen LogP contribution in [0.1, 0.15) is 15.9 Å². The van der Waals surface area contributed by atoms with Crippen molar-refractivity contribution in [2.24, 2.45) is 0 Å². The molecule has 0 unspecified atom stereocenters. The van der Waals surface area contributed by atoms with Crippen molar-refractivity contribution >= 4 is 11.6 Å². The molecule has 0 radical (unpaired) electrons. The number of ether oxygens (including phenoxy) is 1. The van der Waals surface area contributed by atoms with Gasteiger partial charge in [-0.3, -0.25) is 4.79 Å². The van der Waals surface area contributed by atoms with Gasteiger partial charge in [-0.25, -0.2) is 9.07 Å². The Hall–Kier alpha value is -4.71.